The molecule has 1 amide bonds. The standard InChI is InChI=1S/C12H18N4O/c1-16(11-4-2-10(13)3-5-11)12(17)9-6-14-8-15-7-9/h6-8,10-11H,2-5,13H2,1H3. The van der Waals surface area contributed by atoms with Crippen molar-refractivity contribution in [2.75, 3.05) is 7.05 Å². The van der Waals surface area contributed by atoms with Crippen molar-refractivity contribution in [3.63, 3.8) is 0 Å². The number of nitrogens with two attached hydrogens (primary N) is 1. The maximum atomic E-state index is 12.1. The summed E-state index contributed by atoms with van der Waals surface area (Å²) in [6.07, 6.45) is 8.49. The summed E-state index contributed by atoms with van der Waals surface area (Å²) in [5.41, 5.74) is 6.41. The number of hydrogen-bond acceptors (Lipinski definition) is 4. The number of rotatable bonds is 2. The topological polar surface area (TPSA) is 72.1 Å². The first-order chi connectivity index (χ1) is 8.18. The molecular formula is C12H18N4O. The van der Waals surface area contributed by atoms with Crippen LogP contribution < -0.4 is 5.73 Å². The molecule has 0 aromatic carbocycles. The van der Waals surface area contributed by atoms with Gasteiger partial charge in [0, 0.05) is 31.5 Å². The average Bonchev–Trinajstić information content (AvgIpc) is 2.39. The molecule has 1 fully saturated rings. The first-order valence-corrected chi connectivity index (χ1v) is 5.96. The van der Waals surface area contributed by atoms with E-state index in [0.29, 0.717) is 17.6 Å². The van der Waals surface area contributed by atoms with Gasteiger partial charge in [0.05, 0.1) is 5.56 Å². The minimum atomic E-state index is -0.00827. The zero-order valence-electron chi connectivity index (χ0n) is 10.0. The third-order valence-corrected chi connectivity index (χ3v) is 3.42. The Morgan fingerprint density at radius 1 is 1.29 bits per heavy atom. The summed E-state index contributed by atoms with van der Waals surface area (Å²) in [5, 5.41) is 0. The van der Waals surface area contributed by atoms with E-state index in [-0.39, 0.29) is 5.91 Å². The van der Waals surface area contributed by atoms with Crippen LogP contribution in [0.2, 0.25) is 0 Å². The van der Waals surface area contributed by atoms with Crippen LogP contribution in [-0.2, 0) is 0 Å². The van der Waals surface area contributed by atoms with Crippen LogP contribution in [0.1, 0.15) is 36.0 Å². The van der Waals surface area contributed by atoms with Gasteiger partial charge in [-0.25, -0.2) is 9.97 Å². The zero-order chi connectivity index (χ0) is 12.3. The molecule has 1 saturated carbocycles. The summed E-state index contributed by atoms with van der Waals surface area (Å²) in [6, 6.07) is 0.595. The zero-order valence-corrected chi connectivity index (χ0v) is 10.0. The number of nitrogens with zero attached hydrogens (tertiary/aromatic N) is 3. The van der Waals surface area contributed by atoms with Crippen LogP contribution in [0.5, 0.6) is 0 Å². The highest BCUT2D eigenvalue weighted by Gasteiger charge is 2.25. The number of hydrogen-bond donors (Lipinski definition) is 1. The second-order valence-corrected chi connectivity index (χ2v) is 4.61. The van der Waals surface area contributed by atoms with Crippen LogP contribution in [0.4, 0.5) is 0 Å². The lowest BCUT2D eigenvalue weighted by Gasteiger charge is -2.33. The lowest BCUT2D eigenvalue weighted by atomic mass is 9.91. The molecule has 2 rings (SSSR count). The number of carbonyl (C=O) groups is 1. The minimum absolute atomic E-state index is 0.00827. The van der Waals surface area contributed by atoms with Gasteiger partial charge in [0.25, 0.3) is 5.91 Å². The maximum Gasteiger partial charge on any atom is 0.256 e. The number of aromatic nitrogens is 2. The van der Waals surface area contributed by atoms with Gasteiger partial charge in [0.1, 0.15) is 6.33 Å². The molecule has 0 unspecified atom stereocenters. The molecule has 17 heavy (non-hydrogen) atoms. The molecule has 0 spiro atoms. The lowest BCUT2D eigenvalue weighted by Crippen LogP contribution is -2.41. The summed E-state index contributed by atoms with van der Waals surface area (Å²) in [4.78, 5) is 21.7. The average molecular weight is 234 g/mol. The Labute approximate surface area is 101 Å². The van der Waals surface area contributed by atoms with E-state index in [1.54, 1.807) is 17.3 Å². The van der Waals surface area contributed by atoms with Gasteiger partial charge >= 0.3 is 0 Å². The Bertz CT molecular complexity index is 373. The van der Waals surface area contributed by atoms with E-state index in [2.05, 4.69) is 9.97 Å². The smallest absolute Gasteiger partial charge is 0.256 e. The molecule has 0 bridgehead atoms. The van der Waals surface area contributed by atoms with E-state index in [1.807, 2.05) is 7.05 Å². The van der Waals surface area contributed by atoms with Crippen molar-refractivity contribution in [1.82, 2.24) is 14.9 Å². The molecule has 1 aromatic rings. The van der Waals surface area contributed by atoms with E-state index >= 15 is 0 Å². The van der Waals surface area contributed by atoms with Crippen molar-refractivity contribution < 1.29 is 4.79 Å². The van der Waals surface area contributed by atoms with E-state index < -0.39 is 0 Å². The van der Waals surface area contributed by atoms with Gasteiger partial charge in [0.15, 0.2) is 0 Å². The van der Waals surface area contributed by atoms with Crippen molar-refractivity contribution in [2.24, 2.45) is 5.73 Å². The van der Waals surface area contributed by atoms with Crippen molar-refractivity contribution >= 4 is 5.91 Å². The molecule has 92 valence electrons. The maximum absolute atomic E-state index is 12.1. The molecule has 0 saturated heterocycles. The predicted octanol–water partition coefficient (Wildman–Crippen LogP) is 0.818. The summed E-state index contributed by atoms with van der Waals surface area (Å²) in [5.74, 6) is -0.00827. The van der Waals surface area contributed by atoms with Gasteiger partial charge < -0.3 is 10.6 Å². The van der Waals surface area contributed by atoms with Gasteiger partial charge in [-0.05, 0) is 25.7 Å². The van der Waals surface area contributed by atoms with Crippen LogP contribution in [0.3, 0.4) is 0 Å². The second-order valence-electron chi connectivity index (χ2n) is 4.61. The summed E-state index contributed by atoms with van der Waals surface area (Å²) in [6.45, 7) is 0. The molecule has 1 aliphatic rings. The molecule has 1 aromatic heterocycles. The van der Waals surface area contributed by atoms with Gasteiger partial charge in [0.2, 0.25) is 0 Å². The summed E-state index contributed by atoms with van der Waals surface area (Å²) in [7, 11) is 1.84. The van der Waals surface area contributed by atoms with Crippen molar-refractivity contribution in [3.8, 4) is 0 Å². The summed E-state index contributed by atoms with van der Waals surface area (Å²) >= 11 is 0. The highest BCUT2D eigenvalue weighted by Crippen LogP contribution is 2.22. The van der Waals surface area contributed by atoms with Gasteiger partial charge in [-0.3, -0.25) is 4.79 Å². The molecule has 0 atom stereocenters. The largest absolute Gasteiger partial charge is 0.339 e. The third kappa shape index (κ3) is 2.79. The van der Waals surface area contributed by atoms with Crippen LogP contribution in [0.15, 0.2) is 18.7 Å². The quantitative estimate of drug-likeness (QED) is 0.822. The molecule has 2 N–H and O–H groups in total. The fourth-order valence-corrected chi connectivity index (χ4v) is 2.27. The highest BCUT2D eigenvalue weighted by molar-refractivity contribution is 5.93. The Morgan fingerprint density at radius 3 is 2.47 bits per heavy atom. The van der Waals surface area contributed by atoms with Gasteiger partial charge in [-0.1, -0.05) is 0 Å². The van der Waals surface area contributed by atoms with Crippen molar-refractivity contribution in [1.29, 1.82) is 0 Å². The van der Waals surface area contributed by atoms with E-state index in [9.17, 15) is 4.79 Å². The fourth-order valence-electron chi connectivity index (χ4n) is 2.27. The van der Waals surface area contributed by atoms with Crippen molar-refractivity contribution in [3.05, 3.63) is 24.3 Å². The minimum Gasteiger partial charge on any atom is -0.339 e. The Morgan fingerprint density at radius 2 is 1.88 bits per heavy atom. The van der Waals surface area contributed by atoms with Crippen LogP contribution >= 0.6 is 0 Å². The molecular weight excluding hydrogens is 216 g/mol. The van der Waals surface area contributed by atoms with E-state index in [4.69, 9.17) is 5.73 Å². The van der Waals surface area contributed by atoms with Gasteiger partial charge in [-0.15, -0.1) is 0 Å². The second kappa shape index (κ2) is 5.23. The highest BCUT2D eigenvalue weighted by atomic mass is 16.2. The first kappa shape index (κ1) is 12.0. The van der Waals surface area contributed by atoms with E-state index in [0.717, 1.165) is 25.7 Å². The SMILES string of the molecule is CN(C(=O)c1cncnc1)C1CCC(N)CC1. The molecule has 0 aliphatic heterocycles. The molecule has 5 heteroatoms. The Hall–Kier alpha value is -1.49. The van der Waals surface area contributed by atoms with Gasteiger partial charge in [-0.2, -0.15) is 0 Å². The third-order valence-electron chi connectivity index (χ3n) is 3.42. The lowest BCUT2D eigenvalue weighted by molar-refractivity contribution is 0.0689. The fraction of sp³-hybridized carbons (Fsp3) is 0.583. The van der Waals surface area contributed by atoms with Crippen LogP contribution in [0.25, 0.3) is 0 Å². The number of amides is 1. The van der Waals surface area contributed by atoms with Crippen LogP contribution in [0, 0.1) is 0 Å². The first-order valence-electron chi connectivity index (χ1n) is 5.96. The Balaban J connectivity index is 2.00. The molecule has 0 radical (unpaired) electrons. The molecule has 1 heterocycles. The van der Waals surface area contributed by atoms with E-state index in [1.165, 1.54) is 6.33 Å². The normalized spacial score (nSPS) is 24.4. The monoisotopic (exact) mass is 234 g/mol. The predicted molar refractivity (Wildman–Crippen MR) is 64.4 cm³/mol. The Kier molecular flexibility index (Phi) is 3.68. The molecule has 5 nitrogen and oxygen atoms in total. The van der Waals surface area contributed by atoms with Crippen LogP contribution in [-0.4, -0.2) is 39.9 Å². The van der Waals surface area contributed by atoms with Crippen molar-refractivity contribution in [2.45, 2.75) is 37.8 Å². The molecule has 1 aliphatic carbocycles. The number of carbonyl (C=O) groups excluding carboxylic acids is 1. The summed E-state index contributed by atoms with van der Waals surface area (Å²) < 4.78 is 0.